The van der Waals surface area contributed by atoms with Gasteiger partial charge in [0, 0.05) is 17.8 Å². The molecule has 1 aromatic carbocycles. The molecule has 0 unspecified atom stereocenters. The predicted octanol–water partition coefficient (Wildman–Crippen LogP) is 3.45. The van der Waals surface area contributed by atoms with Gasteiger partial charge in [-0.1, -0.05) is 30.3 Å². The van der Waals surface area contributed by atoms with Gasteiger partial charge in [-0.2, -0.15) is 10.4 Å². The van der Waals surface area contributed by atoms with Crippen molar-refractivity contribution in [3.8, 4) is 6.07 Å². The molecule has 1 atom stereocenters. The van der Waals surface area contributed by atoms with E-state index in [0.29, 0.717) is 17.1 Å². The van der Waals surface area contributed by atoms with Gasteiger partial charge in [-0.3, -0.25) is 9.48 Å². The van der Waals surface area contributed by atoms with E-state index in [1.807, 2.05) is 42.6 Å². The zero-order valence-corrected chi connectivity index (χ0v) is 16.4. The average molecular weight is 406 g/mol. The fourth-order valence-corrected chi connectivity index (χ4v) is 3.20. The van der Waals surface area contributed by atoms with Gasteiger partial charge in [0.1, 0.15) is 11.1 Å². The number of aromatic nitrogens is 2. The van der Waals surface area contributed by atoms with Crippen LogP contribution in [0.4, 0.5) is 5.00 Å². The summed E-state index contributed by atoms with van der Waals surface area (Å²) in [4.78, 5) is 24.1. The Morgan fingerprint density at radius 2 is 2.14 bits per heavy atom. The number of carbonyl (C=O) groups is 2. The lowest BCUT2D eigenvalue weighted by atomic mass is 10.2. The van der Waals surface area contributed by atoms with Crippen molar-refractivity contribution in [2.75, 3.05) is 5.32 Å². The molecule has 0 aliphatic rings. The third-order valence-corrected chi connectivity index (χ3v) is 4.77. The zero-order valence-electron chi connectivity index (χ0n) is 15.6. The van der Waals surface area contributed by atoms with Crippen LogP contribution >= 0.6 is 11.3 Å². The Kier molecular flexibility index (Phi) is 6.55. The summed E-state index contributed by atoms with van der Waals surface area (Å²) in [5.41, 5.74) is 2.23. The van der Waals surface area contributed by atoms with E-state index in [0.717, 1.165) is 11.1 Å². The van der Waals surface area contributed by atoms with Crippen molar-refractivity contribution in [3.05, 3.63) is 76.9 Å². The van der Waals surface area contributed by atoms with Crippen LogP contribution < -0.4 is 5.32 Å². The van der Waals surface area contributed by atoms with Crippen molar-refractivity contribution in [1.82, 2.24) is 9.78 Å². The molecular formula is C21H18N4O3S. The highest BCUT2D eigenvalue weighted by molar-refractivity contribution is 7.14. The van der Waals surface area contributed by atoms with Gasteiger partial charge in [0.25, 0.3) is 5.91 Å². The average Bonchev–Trinajstić information content (AvgIpc) is 3.36. The smallest absolute Gasteiger partial charge is 0.331 e. The largest absolute Gasteiger partial charge is 0.449 e. The number of hydrogen-bond acceptors (Lipinski definition) is 6. The van der Waals surface area contributed by atoms with Gasteiger partial charge in [-0.15, -0.1) is 11.3 Å². The van der Waals surface area contributed by atoms with E-state index in [4.69, 9.17) is 10.00 Å². The van der Waals surface area contributed by atoms with Crippen molar-refractivity contribution in [3.63, 3.8) is 0 Å². The summed E-state index contributed by atoms with van der Waals surface area (Å²) in [7, 11) is 0. The van der Waals surface area contributed by atoms with Crippen LogP contribution in [-0.2, 0) is 20.9 Å². The summed E-state index contributed by atoms with van der Waals surface area (Å²) in [5, 5.41) is 18.0. The number of nitrogens with zero attached hydrogens (tertiary/aromatic N) is 3. The lowest BCUT2D eigenvalue weighted by Gasteiger charge is -2.11. The monoisotopic (exact) mass is 406 g/mol. The standard InChI is InChI=1S/C21H18N4O3S/c1-15(20(27)24-21-18(11-22)9-10-29-21)28-19(26)8-7-17-12-23-25(14-17)13-16-5-3-2-4-6-16/h2-10,12,14-15H,13H2,1H3,(H,24,27)/b8-7+/t15-/m0/s1. The summed E-state index contributed by atoms with van der Waals surface area (Å²) in [6.45, 7) is 2.10. The summed E-state index contributed by atoms with van der Waals surface area (Å²) < 4.78 is 6.88. The Labute approximate surface area is 171 Å². The Morgan fingerprint density at radius 3 is 2.90 bits per heavy atom. The molecule has 3 aromatic rings. The lowest BCUT2D eigenvalue weighted by molar-refractivity contribution is -0.148. The minimum Gasteiger partial charge on any atom is -0.449 e. The van der Waals surface area contributed by atoms with Crippen LogP contribution in [0.25, 0.3) is 6.08 Å². The number of ether oxygens (including phenoxy) is 1. The van der Waals surface area contributed by atoms with Crippen molar-refractivity contribution in [2.45, 2.75) is 19.6 Å². The van der Waals surface area contributed by atoms with Gasteiger partial charge in [0.2, 0.25) is 0 Å². The second-order valence-electron chi connectivity index (χ2n) is 6.13. The molecule has 7 nitrogen and oxygen atoms in total. The second-order valence-corrected chi connectivity index (χ2v) is 7.05. The molecule has 0 saturated heterocycles. The Bertz CT molecular complexity index is 1060. The quantitative estimate of drug-likeness (QED) is 0.479. The Morgan fingerprint density at radius 1 is 1.34 bits per heavy atom. The number of anilines is 1. The lowest BCUT2D eigenvalue weighted by Crippen LogP contribution is -2.29. The molecular weight excluding hydrogens is 388 g/mol. The van der Waals surface area contributed by atoms with Crippen molar-refractivity contribution in [2.24, 2.45) is 0 Å². The van der Waals surface area contributed by atoms with Crippen LogP contribution in [-0.4, -0.2) is 27.8 Å². The number of benzene rings is 1. The molecule has 1 amide bonds. The van der Waals surface area contributed by atoms with E-state index in [1.165, 1.54) is 24.3 Å². The molecule has 29 heavy (non-hydrogen) atoms. The highest BCUT2D eigenvalue weighted by Gasteiger charge is 2.18. The van der Waals surface area contributed by atoms with Crippen LogP contribution in [0.2, 0.25) is 0 Å². The fourth-order valence-electron chi connectivity index (χ4n) is 2.46. The van der Waals surface area contributed by atoms with Gasteiger partial charge in [0.15, 0.2) is 6.10 Å². The Hall–Kier alpha value is -3.70. The molecule has 146 valence electrons. The van der Waals surface area contributed by atoms with E-state index in [2.05, 4.69) is 10.4 Å². The molecule has 0 bridgehead atoms. The van der Waals surface area contributed by atoms with Gasteiger partial charge < -0.3 is 10.1 Å². The third kappa shape index (κ3) is 5.64. The van der Waals surface area contributed by atoms with Gasteiger partial charge in [0.05, 0.1) is 18.3 Å². The van der Waals surface area contributed by atoms with Crippen molar-refractivity contribution >= 4 is 34.3 Å². The molecule has 0 aliphatic heterocycles. The molecule has 8 heteroatoms. The van der Waals surface area contributed by atoms with Crippen LogP contribution in [0.15, 0.2) is 60.2 Å². The number of nitriles is 1. The van der Waals surface area contributed by atoms with Crippen molar-refractivity contribution < 1.29 is 14.3 Å². The number of amides is 1. The van der Waals surface area contributed by atoms with E-state index in [1.54, 1.807) is 28.4 Å². The van der Waals surface area contributed by atoms with E-state index < -0.39 is 18.0 Å². The second kappa shape index (κ2) is 9.48. The molecule has 0 radical (unpaired) electrons. The number of hydrogen-bond donors (Lipinski definition) is 1. The molecule has 0 aliphatic carbocycles. The van der Waals surface area contributed by atoms with Crippen LogP contribution in [0, 0.1) is 11.3 Å². The van der Waals surface area contributed by atoms with E-state index in [-0.39, 0.29) is 0 Å². The summed E-state index contributed by atoms with van der Waals surface area (Å²) >= 11 is 1.23. The number of carbonyl (C=O) groups excluding carboxylic acids is 2. The number of nitrogens with one attached hydrogen (secondary N) is 1. The molecule has 0 spiro atoms. The van der Waals surface area contributed by atoms with Gasteiger partial charge >= 0.3 is 5.97 Å². The number of rotatable bonds is 7. The minimum absolute atomic E-state index is 0.370. The molecule has 2 heterocycles. The van der Waals surface area contributed by atoms with Gasteiger partial charge in [-0.05, 0) is 30.0 Å². The topological polar surface area (TPSA) is 97.0 Å². The normalized spacial score (nSPS) is 11.7. The van der Waals surface area contributed by atoms with E-state index in [9.17, 15) is 9.59 Å². The highest BCUT2D eigenvalue weighted by atomic mass is 32.1. The van der Waals surface area contributed by atoms with Crippen LogP contribution in [0.1, 0.15) is 23.6 Å². The van der Waals surface area contributed by atoms with Gasteiger partial charge in [-0.25, -0.2) is 4.79 Å². The molecule has 1 N–H and O–H groups in total. The van der Waals surface area contributed by atoms with Crippen LogP contribution in [0.3, 0.4) is 0 Å². The zero-order chi connectivity index (χ0) is 20.6. The SMILES string of the molecule is C[C@H](OC(=O)/C=C/c1cnn(Cc2ccccc2)c1)C(=O)Nc1sccc1C#N. The first-order valence-electron chi connectivity index (χ1n) is 8.78. The fraction of sp³-hybridized carbons (Fsp3) is 0.143. The van der Waals surface area contributed by atoms with E-state index >= 15 is 0 Å². The molecule has 0 fully saturated rings. The molecule has 3 rings (SSSR count). The maximum Gasteiger partial charge on any atom is 0.331 e. The third-order valence-electron chi connectivity index (χ3n) is 3.94. The van der Waals surface area contributed by atoms with Crippen LogP contribution in [0.5, 0.6) is 0 Å². The summed E-state index contributed by atoms with van der Waals surface area (Å²) in [6.07, 6.45) is 5.28. The highest BCUT2D eigenvalue weighted by Crippen LogP contribution is 2.22. The maximum atomic E-state index is 12.1. The minimum atomic E-state index is -0.999. The number of esters is 1. The summed E-state index contributed by atoms with van der Waals surface area (Å²) in [5.74, 6) is -1.14. The number of thiophene rings is 1. The molecule has 0 saturated carbocycles. The first kappa shape index (κ1) is 20.0. The first-order valence-corrected chi connectivity index (χ1v) is 9.66. The van der Waals surface area contributed by atoms with Crippen molar-refractivity contribution in [1.29, 1.82) is 5.26 Å². The first-order chi connectivity index (χ1) is 14.0. The maximum absolute atomic E-state index is 12.1. The molecule has 2 aromatic heterocycles. The Balaban J connectivity index is 1.51. The predicted molar refractivity (Wildman–Crippen MR) is 110 cm³/mol. The summed E-state index contributed by atoms with van der Waals surface area (Å²) in [6, 6.07) is 13.5.